The molecule has 3 nitrogen and oxygen atoms in total. The Balaban J connectivity index is 1.57. The summed E-state index contributed by atoms with van der Waals surface area (Å²) < 4.78 is 12.7. The second-order valence-corrected chi connectivity index (χ2v) is 7.54. The Morgan fingerprint density at radius 1 is 1.22 bits per heavy atom. The van der Waals surface area contributed by atoms with Crippen LogP contribution in [0.1, 0.15) is 46.5 Å². The zero-order chi connectivity index (χ0) is 12.5. The molecule has 0 amide bonds. The van der Waals surface area contributed by atoms with E-state index in [1.165, 1.54) is 25.7 Å². The number of hydrogen-bond donors (Lipinski definition) is 1. The fraction of sp³-hybridized carbons (Fsp3) is 1.00. The summed E-state index contributed by atoms with van der Waals surface area (Å²) in [5, 5.41) is 3.52. The van der Waals surface area contributed by atoms with Gasteiger partial charge in [0.2, 0.25) is 0 Å². The second kappa shape index (κ2) is 3.53. The highest BCUT2D eigenvalue weighted by molar-refractivity contribution is 6.47. The van der Waals surface area contributed by atoms with Gasteiger partial charge in [-0.25, -0.2) is 0 Å². The van der Waals surface area contributed by atoms with Crippen LogP contribution in [0.5, 0.6) is 0 Å². The average molecular weight is 249 g/mol. The van der Waals surface area contributed by atoms with Crippen molar-refractivity contribution in [3.05, 3.63) is 0 Å². The SMILES string of the molecule is CC1(C)C2CC3OB([C@@H]4CCCN4)O[C@@]3(C)C1C2. The monoisotopic (exact) mass is 249 g/mol. The van der Waals surface area contributed by atoms with Crippen LogP contribution in [0.3, 0.4) is 0 Å². The van der Waals surface area contributed by atoms with Crippen molar-refractivity contribution in [1.82, 2.24) is 5.32 Å². The van der Waals surface area contributed by atoms with Crippen LogP contribution in [0.4, 0.5) is 0 Å². The molecule has 18 heavy (non-hydrogen) atoms. The van der Waals surface area contributed by atoms with Crippen molar-refractivity contribution in [3.8, 4) is 0 Å². The minimum absolute atomic E-state index is 0.00218. The van der Waals surface area contributed by atoms with E-state index < -0.39 is 0 Å². The van der Waals surface area contributed by atoms with E-state index in [1.807, 2.05) is 0 Å². The summed E-state index contributed by atoms with van der Waals surface area (Å²) in [4.78, 5) is 0. The molecule has 3 aliphatic carbocycles. The van der Waals surface area contributed by atoms with Crippen LogP contribution in [-0.4, -0.2) is 31.3 Å². The van der Waals surface area contributed by atoms with Gasteiger partial charge in [-0.1, -0.05) is 13.8 Å². The normalized spacial score (nSPS) is 53.2. The van der Waals surface area contributed by atoms with Crippen molar-refractivity contribution in [2.45, 2.75) is 64.1 Å². The maximum absolute atomic E-state index is 6.44. The van der Waals surface area contributed by atoms with Gasteiger partial charge >= 0.3 is 7.12 Å². The van der Waals surface area contributed by atoms with E-state index in [9.17, 15) is 0 Å². The lowest BCUT2D eigenvalue weighted by Gasteiger charge is -2.64. The molecule has 2 saturated heterocycles. The largest absolute Gasteiger partial charge is 0.475 e. The standard InChI is InChI=1S/C14H24BNO2/c1-13(2)9-7-10(13)14(3)11(8-9)17-15(18-14)12-5-4-6-16-12/h9-12,16H,4-8H2,1-3H3/t9?,10?,11?,12-,14-/m0/s1. The molecule has 4 heteroatoms. The molecule has 0 aromatic heterocycles. The Labute approximate surface area is 110 Å². The van der Waals surface area contributed by atoms with Gasteiger partial charge in [-0.15, -0.1) is 0 Å². The molecule has 2 aliphatic heterocycles. The predicted molar refractivity (Wildman–Crippen MR) is 71.1 cm³/mol. The van der Waals surface area contributed by atoms with Gasteiger partial charge in [-0.2, -0.15) is 0 Å². The van der Waals surface area contributed by atoms with E-state index in [2.05, 4.69) is 26.1 Å². The molecule has 0 radical (unpaired) electrons. The first kappa shape index (κ1) is 11.7. The van der Waals surface area contributed by atoms with E-state index in [-0.39, 0.29) is 12.7 Å². The molecular formula is C14H24BNO2. The molecule has 0 aromatic carbocycles. The van der Waals surface area contributed by atoms with E-state index in [1.54, 1.807) is 0 Å². The predicted octanol–water partition coefficient (Wildman–Crippen LogP) is 2.01. The van der Waals surface area contributed by atoms with Crippen molar-refractivity contribution in [1.29, 1.82) is 0 Å². The molecule has 5 rings (SSSR count). The van der Waals surface area contributed by atoms with Crippen LogP contribution in [0.25, 0.3) is 0 Å². The molecule has 2 heterocycles. The summed E-state index contributed by atoms with van der Waals surface area (Å²) in [7, 11) is -0.00218. The summed E-state index contributed by atoms with van der Waals surface area (Å²) in [5.41, 5.74) is 0.416. The van der Waals surface area contributed by atoms with Crippen molar-refractivity contribution in [2.24, 2.45) is 17.3 Å². The molecular weight excluding hydrogens is 225 g/mol. The van der Waals surface area contributed by atoms with Gasteiger partial charge in [0.05, 0.1) is 11.7 Å². The zero-order valence-electron chi connectivity index (χ0n) is 11.7. The van der Waals surface area contributed by atoms with Crippen LogP contribution < -0.4 is 5.32 Å². The molecule has 5 aliphatic rings. The summed E-state index contributed by atoms with van der Waals surface area (Å²) in [6.45, 7) is 8.25. The zero-order valence-corrected chi connectivity index (χ0v) is 11.7. The lowest BCUT2D eigenvalue weighted by atomic mass is 9.43. The van der Waals surface area contributed by atoms with Gasteiger partial charge in [-0.3, -0.25) is 0 Å². The Kier molecular flexibility index (Phi) is 2.30. The maximum Gasteiger partial charge on any atom is 0.475 e. The third-order valence-corrected chi connectivity index (χ3v) is 6.40. The first-order valence-corrected chi connectivity index (χ1v) is 7.58. The number of hydrogen-bond acceptors (Lipinski definition) is 3. The summed E-state index contributed by atoms with van der Waals surface area (Å²) in [6.07, 6.45) is 5.33. The van der Waals surface area contributed by atoms with Gasteiger partial charge in [0.1, 0.15) is 0 Å². The highest BCUT2D eigenvalue weighted by atomic mass is 16.7. The van der Waals surface area contributed by atoms with Gasteiger partial charge in [0, 0.05) is 5.94 Å². The lowest BCUT2D eigenvalue weighted by molar-refractivity contribution is -0.199. The summed E-state index contributed by atoms with van der Waals surface area (Å²) >= 11 is 0. The van der Waals surface area contributed by atoms with Crippen LogP contribution in [-0.2, 0) is 9.31 Å². The Bertz CT molecular complexity index is 369. The average Bonchev–Trinajstić information content (AvgIpc) is 2.92. The van der Waals surface area contributed by atoms with E-state index in [0.717, 1.165) is 12.5 Å². The number of rotatable bonds is 1. The Hall–Kier alpha value is -0.0551. The highest BCUT2D eigenvalue weighted by Gasteiger charge is 2.68. The quantitative estimate of drug-likeness (QED) is 0.721. The highest BCUT2D eigenvalue weighted by Crippen LogP contribution is 2.65. The van der Waals surface area contributed by atoms with Gasteiger partial charge in [0.25, 0.3) is 0 Å². The van der Waals surface area contributed by atoms with Crippen molar-refractivity contribution in [2.75, 3.05) is 6.54 Å². The number of nitrogens with one attached hydrogen (secondary N) is 1. The lowest BCUT2D eigenvalue weighted by Crippen LogP contribution is -2.65. The summed E-state index contributed by atoms with van der Waals surface area (Å²) in [5.74, 6) is 1.95. The fourth-order valence-corrected chi connectivity index (χ4v) is 5.01. The van der Waals surface area contributed by atoms with Gasteiger partial charge in [0.15, 0.2) is 0 Å². The van der Waals surface area contributed by atoms with Crippen LogP contribution in [0, 0.1) is 17.3 Å². The fourth-order valence-electron chi connectivity index (χ4n) is 5.01. The third kappa shape index (κ3) is 1.32. The van der Waals surface area contributed by atoms with Gasteiger partial charge < -0.3 is 14.6 Å². The Morgan fingerprint density at radius 3 is 2.72 bits per heavy atom. The minimum atomic E-state index is -0.0345. The first-order chi connectivity index (χ1) is 8.52. The molecule has 2 bridgehead atoms. The molecule has 0 spiro atoms. The topological polar surface area (TPSA) is 30.5 Å². The van der Waals surface area contributed by atoms with Crippen molar-refractivity contribution < 1.29 is 9.31 Å². The molecule has 3 saturated carbocycles. The van der Waals surface area contributed by atoms with E-state index >= 15 is 0 Å². The van der Waals surface area contributed by atoms with Gasteiger partial charge in [-0.05, 0) is 56.4 Å². The van der Waals surface area contributed by atoms with Crippen molar-refractivity contribution in [3.63, 3.8) is 0 Å². The van der Waals surface area contributed by atoms with E-state index in [4.69, 9.17) is 9.31 Å². The first-order valence-electron chi connectivity index (χ1n) is 7.58. The molecule has 5 atom stereocenters. The summed E-state index contributed by atoms with van der Waals surface area (Å²) in [6, 6.07) is 0. The third-order valence-electron chi connectivity index (χ3n) is 6.40. The molecule has 5 fully saturated rings. The smallest absolute Gasteiger partial charge is 0.404 e. The Morgan fingerprint density at radius 2 is 2.06 bits per heavy atom. The van der Waals surface area contributed by atoms with E-state index in [0.29, 0.717) is 23.4 Å². The molecule has 1 N–H and O–H groups in total. The van der Waals surface area contributed by atoms with Crippen LogP contribution >= 0.6 is 0 Å². The molecule has 3 unspecified atom stereocenters. The molecule has 100 valence electrons. The second-order valence-electron chi connectivity index (χ2n) is 7.54. The minimum Gasteiger partial charge on any atom is -0.404 e. The van der Waals surface area contributed by atoms with Crippen LogP contribution in [0.15, 0.2) is 0 Å². The molecule has 0 aromatic rings. The van der Waals surface area contributed by atoms with Crippen LogP contribution in [0.2, 0.25) is 0 Å². The van der Waals surface area contributed by atoms with Crippen molar-refractivity contribution >= 4 is 7.12 Å². The maximum atomic E-state index is 6.44.